The van der Waals surface area contributed by atoms with Gasteiger partial charge in [-0.05, 0) is 17.5 Å². The topological polar surface area (TPSA) is 12.9 Å². The van der Waals surface area contributed by atoms with Gasteiger partial charge in [-0.2, -0.15) is 0 Å². The van der Waals surface area contributed by atoms with E-state index in [1.54, 1.807) is 0 Å². The monoisotopic (exact) mass is 189 g/mol. The highest BCUT2D eigenvalue weighted by Gasteiger charge is 2.08. The highest BCUT2D eigenvalue weighted by molar-refractivity contribution is 5.57. The van der Waals surface area contributed by atoms with E-state index in [0.717, 1.165) is 6.42 Å². The minimum Gasteiger partial charge on any atom is -0.257 e. The van der Waals surface area contributed by atoms with Crippen molar-refractivity contribution >= 4 is 6.08 Å². The minimum absolute atomic E-state index is 0.538. The first-order valence-electron chi connectivity index (χ1n) is 5.44. The summed E-state index contributed by atoms with van der Waals surface area (Å²) in [6.07, 6.45) is 5.32. The molecule has 2 rings (SSSR count). The third-order valence-electron chi connectivity index (χ3n) is 2.23. The zero-order chi connectivity index (χ0) is 10.6. The molecule has 1 heterocycles. The zero-order valence-corrected chi connectivity index (χ0v) is 9.54. The number of nitrogens with zero attached hydrogens (tertiary/aromatic N) is 1. The van der Waals surface area contributed by atoms with Gasteiger partial charge >= 0.3 is 0 Å². The molecule has 0 N–H and O–H groups in total. The van der Waals surface area contributed by atoms with Gasteiger partial charge in [0.15, 0.2) is 0 Å². The van der Waals surface area contributed by atoms with E-state index in [4.69, 9.17) is 0 Å². The Kier molecular flexibility index (Phi) is 3.87. The van der Waals surface area contributed by atoms with Gasteiger partial charge in [-0.25, -0.2) is 0 Å². The molecule has 0 atom stereocenters. The fourth-order valence-corrected chi connectivity index (χ4v) is 1.46. The third kappa shape index (κ3) is 2.22. The summed E-state index contributed by atoms with van der Waals surface area (Å²) in [6.45, 7) is 8.36. The quantitative estimate of drug-likeness (QED) is 0.654. The first-order valence-corrected chi connectivity index (χ1v) is 5.44. The summed E-state index contributed by atoms with van der Waals surface area (Å²) in [5.74, 6) is 0.538. The summed E-state index contributed by atoms with van der Waals surface area (Å²) >= 11 is 0. The summed E-state index contributed by atoms with van der Waals surface area (Å²) in [4.78, 5) is 4.59. The normalized spacial score (nSPS) is 12.4. The van der Waals surface area contributed by atoms with Crippen molar-refractivity contribution < 1.29 is 0 Å². The standard InChI is InChI=1S/C11H13N.C2H6/c1-8(2)10-7-6-9-4-3-5-11(9)12-10;1-2/h3-4,6-8H,5H2,1-2H3;1-2H3. The second-order valence-corrected chi connectivity index (χ2v) is 3.53. The summed E-state index contributed by atoms with van der Waals surface area (Å²) in [5.41, 5.74) is 3.73. The SMILES string of the molecule is CC.CC(C)c1ccc2c(n1)CC=C2. The lowest BCUT2D eigenvalue weighted by Crippen LogP contribution is -1.96. The maximum absolute atomic E-state index is 4.59. The van der Waals surface area contributed by atoms with E-state index in [1.807, 2.05) is 13.8 Å². The van der Waals surface area contributed by atoms with E-state index in [9.17, 15) is 0 Å². The number of rotatable bonds is 1. The van der Waals surface area contributed by atoms with Crippen LogP contribution < -0.4 is 0 Å². The molecule has 1 heteroatoms. The van der Waals surface area contributed by atoms with Crippen molar-refractivity contribution in [3.63, 3.8) is 0 Å². The van der Waals surface area contributed by atoms with Gasteiger partial charge in [-0.15, -0.1) is 0 Å². The Morgan fingerprint density at radius 2 is 1.93 bits per heavy atom. The second-order valence-electron chi connectivity index (χ2n) is 3.53. The minimum atomic E-state index is 0.538. The van der Waals surface area contributed by atoms with Gasteiger partial charge in [-0.1, -0.05) is 45.9 Å². The highest BCUT2D eigenvalue weighted by atomic mass is 14.7. The Balaban J connectivity index is 0.000000461. The lowest BCUT2D eigenvalue weighted by molar-refractivity contribution is 0.812. The van der Waals surface area contributed by atoms with Crippen molar-refractivity contribution in [2.45, 2.75) is 40.0 Å². The Hall–Kier alpha value is -1.11. The number of aromatic nitrogens is 1. The van der Waals surface area contributed by atoms with Crippen LogP contribution in [0, 0.1) is 0 Å². The summed E-state index contributed by atoms with van der Waals surface area (Å²) in [7, 11) is 0. The van der Waals surface area contributed by atoms with Gasteiger partial charge in [0.1, 0.15) is 0 Å². The van der Waals surface area contributed by atoms with Gasteiger partial charge in [0.2, 0.25) is 0 Å². The second kappa shape index (κ2) is 4.94. The van der Waals surface area contributed by atoms with E-state index >= 15 is 0 Å². The van der Waals surface area contributed by atoms with Gasteiger partial charge < -0.3 is 0 Å². The third-order valence-corrected chi connectivity index (χ3v) is 2.23. The molecule has 76 valence electrons. The smallest absolute Gasteiger partial charge is 0.0516 e. The van der Waals surface area contributed by atoms with Gasteiger partial charge in [0.05, 0.1) is 5.69 Å². The Morgan fingerprint density at radius 3 is 2.57 bits per heavy atom. The molecule has 0 fully saturated rings. The van der Waals surface area contributed by atoms with Crippen molar-refractivity contribution in [1.82, 2.24) is 4.98 Å². The van der Waals surface area contributed by atoms with Crippen molar-refractivity contribution in [3.05, 3.63) is 35.2 Å². The maximum Gasteiger partial charge on any atom is 0.0516 e. The number of pyridine rings is 1. The zero-order valence-electron chi connectivity index (χ0n) is 9.54. The predicted molar refractivity (Wildman–Crippen MR) is 62.4 cm³/mol. The van der Waals surface area contributed by atoms with Crippen LogP contribution in [0.3, 0.4) is 0 Å². The number of fused-ring (bicyclic) bond motifs is 1. The first kappa shape index (κ1) is 11.0. The Labute approximate surface area is 86.9 Å². The molecule has 0 saturated carbocycles. The van der Waals surface area contributed by atoms with E-state index < -0.39 is 0 Å². The van der Waals surface area contributed by atoms with Gasteiger partial charge in [-0.3, -0.25) is 4.98 Å². The number of allylic oxidation sites excluding steroid dienone is 1. The molecule has 0 amide bonds. The molecule has 14 heavy (non-hydrogen) atoms. The molecular formula is C13H19N. The van der Waals surface area contributed by atoms with Crippen molar-refractivity contribution in [2.24, 2.45) is 0 Å². The molecule has 1 nitrogen and oxygen atoms in total. The lowest BCUT2D eigenvalue weighted by atomic mass is 10.1. The average molecular weight is 189 g/mol. The van der Waals surface area contributed by atoms with Gasteiger partial charge in [0.25, 0.3) is 0 Å². The molecule has 1 aromatic rings. The van der Waals surface area contributed by atoms with E-state index in [2.05, 4.69) is 43.1 Å². The fourth-order valence-electron chi connectivity index (χ4n) is 1.46. The largest absolute Gasteiger partial charge is 0.257 e. The molecule has 0 bridgehead atoms. The van der Waals surface area contributed by atoms with Crippen LogP contribution in [-0.4, -0.2) is 4.98 Å². The Morgan fingerprint density at radius 1 is 1.21 bits per heavy atom. The molecule has 0 spiro atoms. The van der Waals surface area contributed by atoms with Crippen LogP contribution in [-0.2, 0) is 6.42 Å². The summed E-state index contributed by atoms with van der Waals surface area (Å²) in [5, 5.41) is 0. The molecule has 0 radical (unpaired) electrons. The van der Waals surface area contributed by atoms with Crippen LogP contribution in [0.5, 0.6) is 0 Å². The Bertz CT molecular complexity index is 324. The van der Waals surface area contributed by atoms with Crippen molar-refractivity contribution in [2.75, 3.05) is 0 Å². The summed E-state index contributed by atoms with van der Waals surface area (Å²) in [6, 6.07) is 4.29. The number of hydrogen-bond donors (Lipinski definition) is 0. The first-order chi connectivity index (χ1) is 6.77. The van der Waals surface area contributed by atoms with E-state index in [1.165, 1.54) is 17.0 Å². The lowest BCUT2D eigenvalue weighted by Gasteiger charge is -2.06. The molecular weight excluding hydrogens is 170 g/mol. The maximum atomic E-state index is 4.59. The molecule has 1 aromatic heterocycles. The van der Waals surface area contributed by atoms with E-state index in [0.29, 0.717) is 5.92 Å². The van der Waals surface area contributed by atoms with Crippen LogP contribution in [0.1, 0.15) is 50.6 Å². The van der Waals surface area contributed by atoms with Crippen LogP contribution in [0.25, 0.3) is 6.08 Å². The fraction of sp³-hybridized carbons (Fsp3) is 0.462. The highest BCUT2D eigenvalue weighted by Crippen LogP contribution is 2.20. The summed E-state index contributed by atoms with van der Waals surface area (Å²) < 4.78 is 0. The molecule has 0 aromatic carbocycles. The van der Waals surface area contributed by atoms with Gasteiger partial charge in [0, 0.05) is 12.1 Å². The number of hydrogen-bond acceptors (Lipinski definition) is 1. The average Bonchev–Trinajstić information content (AvgIpc) is 2.67. The predicted octanol–water partition coefficient (Wildman–Crippen LogP) is 3.80. The van der Waals surface area contributed by atoms with Crippen LogP contribution in [0.4, 0.5) is 0 Å². The molecule has 0 saturated heterocycles. The van der Waals surface area contributed by atoms with Crippen LogP contribution in [0.2, 0.25) is 0 Å². The molecule has 1 aliphatic carbocycles. The van der Waals surface area contributed by atoms with E-state index in [-0.39, 0.29) is 0 Å². The molecule has 0 aliphatic heterocycles. The molecule has 1 aliphatic rings. The van der Waals surface area contributed by atoms with Crippen molar-refractivity contribution in [3.8, 4) is 0 Å². The molecule has 0 unspecified atom stereocenters. The van der Waals surface area contributed by atoms with Crippen LogP contribution in [0.15, 0.2) is 18.2 Å². The van der Waals surface area contributed by atoms with Crippen molar-refractivity contribution in [1.29, 1.82) is 0 Å². The van der Waals surface area contributed by atoms with Crippen LogP contribution >= 0.6 is 0 Å².